The first-order valence-electron chi connectivity index (χ1n) is 5.54. The number of urea groups is 1. The number of terminal acetylenes is 1. The normalized spacial score (nSPS) is 11.3. The van der Waals surface area contributed by atoms with Crippen LogP contribution in [0.5, 0.6) is 0 Å². The zero-order valence-corrected chi connectivity index (χ0v) is 12.1. The second-order valence-electron chi connectivity index (χ2n) is 3.98. The van der Waals surface area contributed by atoms with Gasteiger partial charge in [0.15, 0.2) is 0 Å². The lowest BCUT2D eigenvalue weighted by Gasteiger charge is -2.14. The van der Waals surface area contributed by atoms with Gasteiger partial charge >= 0.3 is 12.0 Å². The Morgan fingerprint density at radius 1 is 1.55 bits per heavy atom. The first-order valence-corrected chi connectivity index (χ1v) is 6.34. The van der Waals surface area contributed by atoms with Crippen LogP contribution >= 0.6 is 15.9 Å². The molecule has 3 N–H and O–H groups in total. The molecule has 1 atom stereocenters. The smallest absolute Gasteiger partial charge is 0.327 e. The van der Waals surface area contributed by atoms with E-state index in [1.807, 2.05) is 0 Å². The molecule has 0 saturated heterocycles. The number of rotatable bonds is 4. The van der Waals surface area contributed by atoms with Crippen LogP contribution in [0.1, 0.15) is 12.0 Å². The van der Waals surface area contributed by atoms with Crippen LogP contribution < -0.4 is 10.6 Å². The number of nitrogens with one attached hydrogen (secondary N) is 2. The highest BCUT2D eigenvalue weighted by Gasteiger charge is 2.19. The van der Waals surface area contributed by atoms with Gasteiger partial charge in [-0.25, -0.2) is 14.0 Å². The van der Waals surface area contributed by atoms with Crippen molar-refractivity contribution in [2.24, 2.45) is 0 Å². The number of aliphatic carboxylic acids is 1. The number of carbonyl (C=O) groups is 2. The fourth-order valence-corrected chi connectivity index (χ4v) is 1.87. The molecule has 0 bridgehead atoms. The number of hydrogen-bond acceptors (Lipinski definition) is 2. The second-order valence-corrected chi connectivity index (χ2v) is 4.83. The molecule has 1 aromatic carbocycles. The summed E-state index contributed by atoms with van der Waals surface area (Å²) in [7, 11) is 0. The molecule has 106 valence electrons. The van der Waals surface area contributed by atoms with E-state index in [4.69, 9.17) is 11.5 Å². The summed E-state index contributed by atoms with van der Waals surface area (Å²) in [5, 5.41) is 13.4. The maximum Gasteiger partial charge on any atom is 0.327 e. The number of carboxylic acid groups (broad SMARTS) is 1. The molecule has 0 aliphatic carbocycles. The number of hydrogen-bond donors (Lipinski definition) is 3. The summed E-state index contributed by atoms with van der Waals surface area (Å²) in [5.41, 5.74) is 0.866. The van der Waals surface area contributed by atoms with Gasteiger partial charge in [0.25, 0.3) is 0 Å². The van der Waals surface area contributed by atoms with Gasteiger partial charge in [-0.05, 0) is 40.5 Å². The van der Waals surface area contributed by atoms with Gasteiger partial charge in [-0.1, -0.05) is 0 Å². The summed E-state index contributed by atoms with van der Waals surface area (Å²) in [6.45, 7) is 1.68. The highest BCUT2D eigenvalue weighted by atomic mass is 79.9. The summed E-state index contributed by atoms with van der Waals surface area (Å²) in [6, 6.07) is 0.676. The molecule has 5 nitrogen and oxygen atoms in total. The van der Waals surface area contributed by atoms with Crippen LogP contribution in [0, 0.1) is 25.1 Å². The molecule has 0 fully saturated rings. The lowest BCUT2D eigenvalue weighted by atomic mass is 10.2. The Hall–Kier alpha value is -2.07. The average Bonchev–Trinajstić information content (AvgIpc) is 2.35. The monoisotopic (exact) mass is 342 g/mol. The third-order valence-electron chi connectivity index (χ3n) is 2.44. The Morgan fingerprint density at radius 3 is 2.75 bits per heavy atom. The molecule has 0 saturated carbocycles. The van der Waals surface area contributed by atoms with Crippen molar-refractivity contribution in [1.29, 1.82) is 0 Å². The van der Waals surface area contributed by atoms with Gasteiger partial charge < -0.3 is 15.7 Å². The van der Waals surface area contributed by atoms with Crippen molar-refractivity contribution < 1.29 is 19.1 Å². The molecule has 20 heavy (non-hydrogen) atoms. The fraction of sp³-hybridized carbons (Fsp3) is 0.231. The van der Waals surface area contributed by atoms with Crippen LogP contribution in [0.15, 0.2) is 16.6 Å². The van der Waals surface area contributed by atoms with E-state index in [1.165, 1.54) is 6.07 Å². The number of halogens is 2. The van der Waals surface area contributed by atoms with Crippen LogP contribution in [0.4, 0.5) is 14.9 Å². The third-order valence-corrected chi connectivity index (χ3v) is 3.05. The number of aryl methyl sites for hydroxylation is 1. The minimum atomic E-state index is -1.24. The molecule has 0 aliphatic heterocycles. The Bertz CT molecular complexity index is 584. The SMILES string of the molecule is C#CCC(NC(=O)Nc1cc(F)c(Br)cc1C)C(=O)O. The molecule has 0 aliphatic rings. The minimum absolute atomic E-state index is 0.142. The molecule has 2 amide bonds. The quantitative estimate of drug-likeness (QED) is 0.735. The summed E-state index contributed by atoms with van der Waals surface area (Å²) in [4.78, 5) is 22.5. The maximum absolute atomic E-state index is 13.4. The topological polar surface area (TPSA) is 78.4 Å². The Balaban J connectivity index is 2.79. The largest absolute Gasteiger partial charge is 0.480 e. The predicted molar refractivity (Wildman–Crippen MR) is 75.9 cm³/mol. The molecule has 1 aromatic rings. The highest BCUT2D eigenvalue weighted by molar-refractivity contribution is 9.10. The van der Waals surface area contributed by atoms with E-state index in [-0.39, 0.29) is 16.6 Å². The standard InChI is InChI=1S/C13H12BrFN2O3/c1-3-4-10(12(18)19)16-13(20)17-11-6-9(15)8(14)5-7(11)2/h1,5-6,10H,4H2,2H3,(H,18,19)(H2,16,17,20). The maximum atomic E-state index is 13.4. The average molecular weight is 343 g/mol. The Labute approximate surface area is 123 Å². The number of benzene rings is 1. The predicted octanol–water partition coefficient (Wildman–Crippen LogP) is 2.49. The van der Waals surface area contributed by atoms with Gasteiger partial charge in [0, 0.05) is 12.1 Å². The lowest BCUT2D eigenvalue weighted by Crippen LogP contribution is -2.42. The Morgan fingerprint density at radius 2 is 2.20 bits per heavy atom. The van der Waals surface area contributed by atoms with Crippen LogP contribution in [-0.2, 0) is 4.79 Å². The molecule has 1 unspecified atom stereocenters. The van der Waals surface area contributed by atoms with Crippen molar-refractivity contribution in [3.8, 4) is 12.3 Å². The molecule has 0 radical (unpaired) electrons. The minimum Gasteiger partial charge on any atom is -0.480 e. The van der Waals surface area contributed by atoms with Crippen LogP contribution in [0.3, 0.4) is 0 Å². The van der Waals surface area contributed by atoms with Crippen LogP contribution in [0.25, 0.3) is 0 Å². The van der Waals surface area contributed by atoms with Gasteiger partial charge in [-0.15, -0.1) is 12.3 Å². The zero-order valence-electron chi connectivity index (χ0n) is 10.5. The summed E-state index contributed by atoms with van der Waals surface area (Å²) in [6.07, 6.45) is 4.87. The summed E-state index contributed by atoms with van der Waals surface area (Å²) in [5.74, 6) is 0.380. The van der Waals surface area contributed by atoms with Gasteiger partial charge in [0.1, 0.15) is 11.9 Å². The van der Waals surface area contributed by atoms with Gasteiger partial charge in [0.05, 0.1) is 4.47 Å². The highest BCUT2D eigenvalue weighted by Crippen LogP contribution is 2.23. The number of amides is 2. The van der Waals surface area contributed by atoms with E-state index in [9.17, 15) is 14.0 Å². The fourth-order valence-electron chi connectivity index (χ4n) is 1.42. The van der Waals surface area contributed by atoms with Crippen molar-refractivity contribution >= 4 is 33.6 Å². The second kappa shape index (κ2) is 6.91. The molecule has 0 spiro atoms. The number of carboxylic acids is 1. The first kappa shape index (κ1) is 16.0. The van der Waals surface area contributed by atoms with E-state index in [2.05, 4.69) is 32.5 Å². The van der Waals surface area contributed by atoms with Crippen LogP contribution in [-0.4, -0.2) is 23.1 Å². The lowest BCUT2D eigenvalue weighted by molar-refractivity contribution is -0.139. The van der Waals surface area contributed by atoms with Crippen molar-refractivity contribution in [1.82, 2.24) is 5.32 Å². The zero-order chi connectivity index (χ0) is 15.3. The van der Waals surface area contributed by atoms with Crippen molar-refractivity contribution in [2.75, 3.05) is 5.32 Å². The van der Waals surface area contributed by atoms with E-state index >= 15 is 0 Å². The Kier molecular flexibility index (Phi) is 5.53. The van der Waals surface area contributed by atoms with Crippen molar-refractivity contribution in [3.05, 3.63) is 28.0 Å². The van der Waals surface area contributed by atoms with E-state index in [0.29, 0.717) is 5.56 Å². The van der Waals surface area contributed by atoms with E-state index in [0.717, 1.165) is 6.07 Å². The number of carbonyl (C=O) groups excluding carboxylic acids is 1. The third kappa shape index (κ3) is 4.24. The van der Waals surface area contributed by atoms with Crippen molar-refractivity contribution in [3.63, 3.8) is 0 Å². The molecule has 0 aromatic heterocycles. The molecular weight excluding hydrogens is 331 g/mol. The summed E-state index contributed by atoms with van der Waals surface area (Å²) >= 11 is 3.02. The molecular formula is C13H12BrFN2O3. The van der Waals surface area contributed by atoms with E-state index < -0.39 is 23.9 Å². The molecule has 0 heterocycles. The number of anilines is 1. The van der Waals surface area contributed by atoms with Crippen molar-refractivity contribution in [2.45, 2.75) is 19.4 Å². The molecule has 7 heteroatoms. The molecule has 1 rings (SSSR count). The first-order chi connectivity index (χ1) is 9.35. The van der Waals surface area contributed by atoms with Gasteiger partial charge in [-0.2, -0.15) is 0 Å². The summed E-state index contributed by atoms with van der Waals surface area (Å²) < 4.78 is 13.7. The van der Waals surface area contributed by atoms with Gasteiger partial charge in [-0.3, -0.25) is 0 Å². The van der Waals surface area contributed by atoms with Crippen LogP contribution in [0.2, 0.25) is 0 Å². The van der Waals surface area contributed by atoms with Gasteiger partial charge in [0.2, 0.25) is 0 Å². The van der Waals surface area contributed by atoms with E-state index in [1.54, 1.807) is 6.92 Å².